The van der Waals surface area contributed by atoms with Crippen molar-refractivity contribution >= 4 is 22.9 Å². The third-order valence-electron chi connectivity index (χ3n) is 4.44. The molecule has 0 bridgehead atoms. The molecular weight excluding hydrogens is 350 g/mol. The highest BCUT2D eigenvalue weighted by Gasteiger charge is 2.17. The van der Waals surface area contributed by atoms with Gasteiger partial charge in [0.2, 0.25) is 0 Å². The summed E-state index contributed by atoms with van der Waals surface area (Å²) in [5, 5.41) is 7.33. The lowest BCUT2D eigenvalue weighted by Gasteiger charge is -2.19. The Hall–Kier alpha value is -3.67. The minimum atomic E-state index is -0.246. The number of nitrogens with zero attached hydrogens (tertiary/aromatic N) is 4. The maximum Gasteiger partial charge on any atom is 0.276 e. The molecular formula is C22H21N5O. The van der Waals surface area contributed by atoms with E-state index in [2.05, 4.69) is 32.4 Å². The number of fused-ring (bicyclic) bond motifs is 1. The molecule has 0 radical (unpaired) electrons. The van der Waals surface area contributed by atoms with E-state index in [1.54, 1.807) is 10.6 Å². The van der Waals surface area contributed by atoms with Crippen LogP contribution in [-0.4, -0.2) is 27.6 Å². The number of benzene rings is 2. The van der Waals surface area contributed by atoms with Crippen LogP contribution < -0.4 is 10.2 Å². The Morgan fingerprint density at radius 3 is 2.46 bits per heavy atom. The van der Waals surface area contributed by atoms with Crippen molar-refractivity contribution in [1.82, 2.24) is 14.6 Å². The molecule has 28 heavy (non-hydrogen) atoms. The van der Waals surface area contributed by atoms with Crippen molar-refractivity contribution in [2.24, 2.45) is 0 Å². The average Bonchev–Trinajstić information content (AvgIpc) is 3.13. The Labute approximate surface area is 163 Å². The van der Waals surface area contributed by atoms with Crippen molar-refractivity contribution in [3.05, 3.63) is 89.9 Å². The number of anilines is 2. The number of carbonyl (C=O) groups is 1. The van der Waals surface area contributed by atoms with Crippen LogP contribution >= 0.6 is 0 Å². The molecule has 0 aliphatic rings. The molecule has 1 amide bonds. The standard InChI is InChI=1S/C22H21N5O/c1-16-14-27-20(21(23-16)26(2)15-17-9-5-3-6-10-17)13-19(25-27)22(28)24-18-11-7-4-8-12-18/h3-14H,15H2,1-2H3,(H,24,28). The molecule has 0 saturated heterocycles. The van der Waals surface area contributed by atoms with E-state index in [0.29, 0.717) is 12.2 Å². The van der Waals surface area contributed by atoms with E-state index in [9.17, 15) is 4.79 Å². The molecule has 2 heterocycles. The van der Waals surface area contributed by atoms with Gasteiger partial charge in [0.1, 0.15) is 5.52 Å². The first-order valence-corrected chi connectivity index (χ1v) is 9.08. The molecule has 6 heteroatoms. The predicted molar refractivity (Wildman–Crippen MR) is 111 cm³/mol. The van der Waals surface area contributed by atoms with Gasteiger partial charge in [-0.05, 0) is 24.6 Å². The molecule has 6 nitrogen and oxygen atoms in total. The SMILES string of the molecule is Cc1cn2nc(C(=O)Nc3ccccc3)cc2c(N(C)Cc2ccccc2)n1. The van der Waals surface area contributed by atoms with Crippen LogP contribution in [0.5, 0.6) is 0 Å². The first kappa shape index (κ1) is 17.7. The van der Waals surface area contributed by atoms with E-state index in [1.807, 2.05) is 68.7 Å². The van der Waals surface area contributed by atoms with Gasteiger partial charge in [-0.1, -0.05) is 48.5 Å². The van der Waals surface area contributed by atoms with Gasteiger partial charge < -0.3 is 10.2 Å². The molecule has 0 unspecified atom stereocenters. The van der Waals surface area contributed by atoms with Crippen molar-refractivity contribution < 1.29 is 4.79 Å². The van der Waals surface area contributed by atoms with Gasteiger partial charge in [0.25, 0.3) is 5.91 Å². The second-order valence-electron chi connectivity index (χ2n) is 6.73. The molecule has 0 atom stereocenters. The summed E-state index contributed by atoms with van der Waals surface area (Å²) in [7, 11) is 1.99. The number of carbonyl (C=O) groups excluding carboxylic acids is 1. The summed E-state index contributed by atoms with van der Waals surface area (Å²) in [5.74, 6) is 0.541. The predicted octanol–water partition coefficient (Wildman–Crippen LogP) is 3.93. The van der Waals surface area contributed by atoms with Crippen molar-refractivity contribution in [2.45, 2.75) is 13.5 Å². The fraction of sp³-hybridized carbons (Fsp3) is 0.136. The maximum atomic E-state index is 12.6. The van der Waals surface area contributed by atoms with Crippen molar-refractivity contribution in [3.8, 4) is 0 Å². The van der Waals surface area contributed by atoms with Gasteiger partial charge >= 0.3 is 0 Å². The van der Waals surface area contributed by atoms with Gasteiger partial charge in [0, 0.05) is 25.3 Å². The quantitative estimate of drug-likeness (QED) is 0.577. The van der Waals surface area contributed by atoms with E-state index in [1.165, 1.54) is 5.56 Å². The lowest BCUT2D eigenvalue weighted by Crippen LogP contribution is -2.19. The molecule has 0 fully saturated rings. The van der Waals surface area contributed by atoms with Crippen LogP contribution in [0.25, 0.3) is 5.52 Å². The number of aromatic nitrogens is 3. The number of nitrogens with one attached hydrogen (secondary N) is 1. The third kappa shape index (κ3) is 3.71. The van der Waals surface area contributed by atoms with E-state index in [-0.39, 0.29) is 5.91 Å². The van der Waals surface area contributed by atoms with Crippen LogP contribution in [0.4, 0.5) is 11.5 Å². The van der Waals surface area contributed by atoms with Gasteiger partial charge in [-0.25, -0.2) is 9.50 Å². The Balaban J connectivity index is 1.65. The monoisotopic (exact) mass is 371 g/mol. The van der Waals surface area contributed by atoms with Crippen molar-refractivity contribution in [3.63, 3.8) is 0 Å². The first-order chi connectivity index (χ1) is 13.6. The number of amides is 1. The van der Waals surface area contributed by atoms with Crippen LogP contribution in [0, 0.1) is 6.92 Å². The largest absolute Gasteiger partial charge is 0.354 e. The molecule has 2 aromatic carbocycles. The zero-order valence-corrected chi connectivity index (χ0v) is 15.8. The second-order valence-corrected chi connectivity index (χ2v) is 6.73. The highest BCUT2D eigenvalue weighted by atomic mass is 16.1. The van der Waals surface area contributed by atoms with E-state index in [0.717, 1.165) is 22.7 Å². The summed E-state index contributed by atoms with van der Waals surface area (Å²) in [6, 6.07) is 21.3. The Kier molecular flexibility index (Phi) is 4.76. The van der Waals surface area contributed by atoms with Gasteiger partial charge in [-0.15, -0.1) is 0 Å². The highest BCUT2D eigenvalue weighted by Crippen LogP contribution is 2.22. The fourth-order valence-corrected chi connectivity index (χ4v) is 3.13. The minimum Gasteiger partial charge on any atom is -0.354 e. The van der Waals surface area contributed by atoms with E-state index in [4.69, 9.17) is 0 Å². The molecule has 0 spiro atoms. The van der Waals surface area contributed by atoms with Crippen molar-refractivity contribution in [1.29, 1.82) is 0 Å². The number of hydrogen-bond donors (Lipinski definition) is 1. The zero-order valence-electron chi connectivity index (χ0n) is 15.8. The summed E-state index contributed by atoms with van der Waals surface area (Å²) < 4.78 is 1.72. The number of rotatable bonds is 5. The zero-order chi connectivity index (χ0) is 19.5. The molecule has 4 rings (SSSR count). The number of aryl methyl sites for hydroxylation is 1. The lowest BCUT2D eigenvalue weighted by molar-refractivity contribution is 0.102. The molecule has 4 aromatic rings. The first-order valence-electron chi connectivity index (χ1n) is 9.08. The fourth-order valence-electron chi connectivity index (χ4n) is 3.13. The molecule has 2 aromatic heterocycles. The minimum absolute atomic E-state index is 0.246. The van der Waals surface area contributed by atoms with Crippen LogP contribution in [0.3, 0.4) is 0 Å². The second kappa shape index (κ2) is 7.52. The van der Waals surface area contributed by atoms with Gasteiger partial charge in [0.05, 0.1) is 11.9 Å². The Bertz CT molecular complexity index is 1110. The number of para-hydroxylation sites is 1. The summed E-state index contributed by atoms with van der Waals surface area (Å²) in [6.45, 7) is 2.63. The molecule has 1 N–H and O–H groups in total. The maximum absolute atomic E-state index is 12.6. The smallest absolute Gasteiger partial charge is 0.276 e. The van der Waals surface area contributed by atoms with Crippen LogP contribution in [0.1, 0.15) is 21.7 Å². The molecule has 0 saturated carbocycles. The Morgan fingerprint density at radius 2 is 1.75 bits per heavy atom. The molecule has 140 valence electrons. The lowest BCUT2D eigenvalue weighted by atomic mass is 10.2. The summed E-state index contributed by atoms with van der Waals surface area (Å²) in [6.07, 6.45) is 1.83. The van der Waals surface area contributed by atoms with E-state index < -0.39 is 0 Å². The summed E-state index contributed by atoms with van der Waals surface area (Å²) >= 11 is 0. The van der Waals surface area contributed by atoms with E-state index >= 15 is 0 Å². The van der Waals surface area contributed by atoms with Gasteiger partial charge in [-0.2, -0.15) is 5.10 Å². The highest BCUT2D eigenvalue weighted by molar-refractivity contribution is 6.04. The van der Waals surface area contributed by atoms with Crippen LogP contribution in [0.15, 0.2) is 72.9 Å². The normalized spacial score (nSPS) is 10.8. The van der Waals surface area contributed by atoms with Crippen LogP contribution in [-0.2, 0) is 6.54 Å². The van der Waals surface area contributed by atoms with Gasteiger partial charge in [-0.3, -0.25) is 4.79 Å². The van der Waals surface area contributed by atoms with Crippen LogP contribution in [0.2, 0.25) is 0 Å². The molecule has 0 aliphatic heterocycles. The molecule has 0 aliphatic carbocycles. The average molecular weight is 371 g/mol. The van der Waals surface area contributed by atoms with Crippen molar-refractivity contribution in [2.75, 3.05) is 17.3 Å². The van der Waals surface area contributed by atoms with Gasteiger partial charge in [0.15, 0.2) is 11.5 Å². The third-order valence-corrected chi connectivity index (χ3v) is 4.44. The number of hydrogen-bond acceptors (Lipinski definition) is 4. The Morgan fingerprint density at radius 1 is 1.07 bits per heavy atom. The summed E-state index contributed by atoms with van der Waals surface area (Å²) in [4.78, 5) is 19.4. The summed E-state index contributed by atoms with van der Waals surface area (Å²) in [5.41, 5.74) is 3.90. The topological polar surface area (TPSA) is 62.5 Å².